The van der Waals surface area contributed by atoms with Gasteiger partial charge in [-0.1, -0.05) is 49.1 Å². The molecule has 0 N–H and O–H groups in total. The van der Waals surface area contributed by atoms with Gasteiger partial charge in [0.1, 0.15) is 0 Å². The number of hydrogen-bond acceptors (Lipinski definition) is 1. The molecular formula is C13H14O. The summed E-state index contributed by atoms with van der Waals surface area (Å²) in [5, 5.41) is 0. The molecule has 1 aromatic rings. The number of benzene rings is 1. The smallest absolute Gasteiger partial charge is 0.156 e. The minimum Gasteiger partial charge on any atom is -0.295 e. The fourth-order valence-corrected chi connectivity index (χ4v) is 1.26. The van der Waals surface area contributed by atoms with Crippen molar-refractivity contribution in [1.82, 2.24) is 0 Å². The van der Waals surface area contributed by atoms with E-state index in [1.807, 2.05) is 30.3 Å². The van der Waals surface area contributed by atoms with E-state index >= 15 is 0 Å². The Hall–Kier alpha value is -1.63. The van der Waals surface area contributed by atoms with Gasteiger partial charge >= 0.3 is 0 Å². The van der Waals surface area contributed by atoms with Crippen LogP contribution in [0, 0.1) is 0 Å². The summed E-state index contributed by atoms with van der Waals surface area (Å²) in [5.41, 5.74) is 1.95. The molecule has 1 nitrogen and oxygen atoms in total. The normalized spacial score (nSPS) is 11.1. The highest BCUT2D eigenvalue weighted by molar-refractivity contribution is 5.93. The zero-order valence-electron chi connectivity index (χ0n) is 8.36. The summed E-state index contributed by atoms with van der Waals surface area (Å²) in [4.78, 5) is 11.2. The first kappa shape index (κ1) is 10.5. The molecule has 1 heteroatoms. The Morgan fingerprint density at radius 1 is 1.36 bits per heavy atom. The first-order chi connectivity index (χ1) is 6.74. The van der Waals surface area contributed by atoms with E-state index in [9.17, 15) is 4.79 Å². The van der Waals surface area contributed by atoms with E-state index < -0.39 is 0 Å². The number of ketones is 1. The molecule has 0 amide bonds. The number of Topliss-reactive ketones (excluding diaryl/α,β-unsaturated/α-hetero) is 1. The fraction of sp³-hybridized carbons (Fsp3) is 0.154. The molecule has 0 saturated heterocycles. The van der Waals surface area contributed by atoms with Crippen molar-refractivity contribution in [2.75, 3.05) is 0 Å². The molecule has 0 radical (unpaired) electrons. The predicted octanol–water partition coefficient (Wildman–Crippen LogP) is 2.93. The van der Waals surface area contributed by atoms with Gasteiger partial charge in [-0.15, -0.1) is 0 Å². The van der Waals surface area contributed by atoms with E-state index in [4.69, 9.17) is 0 Å². The molecule has 0 aliphatic carbocycles. The lowest BCUT2D eigenvalue weighted by molar-refractivity contribution is -0.113. The lowest BCUT2D eigenvalue weighted by Gasteiger charge is -2.02. The number of hydrogen-bond donors (Lipinski definition) is 0. The van der Waals surface area contributed by atoms with Crippen molar-refractivity contribution in [2.45, 2.75) is 13.3 Å². The van der Waals surface area contributed by atoms with Crippen LogP contribution in [0.15, 0.2) is 54.6 Å². The molecule has 72 valence electrons. The molecule has 0 atom stereocenters. The highest BCUT2D eigenvalue weighted by Crippen LogP contribution is 2.08. The number of rotatable bonds is 4. The SMILES string of the molecule is C=C/C=C(/Cc1ccccc1)C(C)=O. The second-order valence-electron chi connectivity index (χ2n) is 3.15. The van der Waals surface area contributed by atoms with Gasteiger partial charge in [0, 0.05) is 6.42 Å². The van der Waals surface area contributed by atoms with Crippen molar-refractivity contribution in [2.24, 2.45) is 0 Å². The largest absolute Gasteiger partial charge is 0.295 e. The molecular weight excluding hydrogens is 172 g/mol. The highest BCUT2D eigenvalue weighted by atomic mass is 16.1. The van der Waals surface area contributed by atoms with E-state index in [-0.39, 0.29) is 5.78 Å². The first-order valence-electron chi connectivity index (χ1n) is 4.60. The van der Waals surface area contributed by atoms with Crippen LogP contribution in [-0.4, -0.2) is 5.78 Å². The number of carbonyl (C=O) groups is 1. The van der Waals surface area contributed by atoms with Crippen molar-refractivity contribution >= 4 is 5.78 Å². The van der Waals surface area contributed by atoms with E-state index in [1.165, 1.54) is 0 Å². The quantitative estimate of drug-likeness (QED) is 0.522. The number of allylic oxidation sites excluding steroid dienone is 3. The van der Waals surface area contributed by atoms with E-state index in [1.54, 1.807) is 19.1 Å². The molecule has 0 aliphatic rings. The van der Waals surface area contributed by atoms with Gasteiger partial charge in [-0.05, 0) is 18.1 Å². The molecule has 0 aromatic heterocycles. The van der Waals surface area contributed by atoms with Gasteiger partial charge in [-0.2, -0.15) is 0 Å². The van der Waals surface area contributed by atoms with Crippen molar-refractivity contribution in [1.29, 1.82) is 0 Å². The minimum atomic E-state index is 0.105. The maximum absolute atomic E-state index is 11.2. The van der Waals surface area contributed by atoms with Gasteiger partial charge in [0.05, 0.1) is 0 Å². The Bertz CT molecular complexity index is 347. The van der Waals surface area contributed by atoms with Crippen LogP contribution in [0.3, 0.4) is 0 Å². The van der Waals surface area contributed by atoms with Gasteiger partial charge in [-0.25, -0.2) is 0 Å². The molecule has 0 aliphatic heterocycles. The van der Waals surface area contributed by atoms with Gasteiger partial charge in [0.25, 0.3) is 0 Å². The van der Waals surface area contributed by atoms with Crippen LogP contribution in [0.4, 0.5) is 0 Å². The zero-order valence-corrected chi connectivity index (χ0v) is 8.36. The van der Waals surface area contributed by atoms with Gasteiger partial charge in [-0.3, -0.25) is 4.79 Å². The molecule has 0 spiro atoms. The maximum atomic E-state index is 11.2. The van der Waals surface area contributed by atoms with E-state index in [0.29, 0.717) is 6.42 Å². The van der Waals surface area contributed by atoms with Crippen LogP contribution in [0.2, 0.25) is 0 Å². The first-order valence-corrected chi connectivity index (χ1v) is 4.60. The third kappa shape index (κ3) is 3.02. The van der Waals surface area contributed by atoms with Crippen LogP contribution < -0.4 is 0 Å². The molecule has 1 rings (SSSR count). The van der Waals surface area contributed by atoms with Gasteiger partial charge in [0.2, 0.25) is 0 Å². The number of carbonyl (C=O) groups excluding carboxylic acids is 1. The molecule has 14 heavy (non-hydrogen) atoms. The Morgan fingerprint density at radius 2 is 2.00 bits per heavy atom. The van der Waals surface area contributed by atoms with Crippen LogP contribution in [0.5, 0.6) is 0 Å². The topological polar surface area (TPSA) is 17.1 Å². The summed E-state index contributed by atoms with van der Waals surface area (Å²) >= 11 is 0. The van der Waals surface area contributed by atoms with Crippen molar-refractivity contribution in [3.63, 3.8) is 0 Å². The third-order valence-corrected chi connectivity index (χ3v) is 2.01. The zero-order chi connectivity index (χ0) is 10.4. The average Bonchev–Trinajstić information content (AvgIpc) is 2.18. The average molecular weight is 186 g/mol. The summed E-state index contributed by atoms with van der Waals surface area (Å²) in [7, 11) is 0. The van der Waals surface area contributed by atoms with Crippen LogP contribution >= 0.6 is 0 Å². The molecule has 0 saturated carbocycles. The lowest BCUT2D eigenvalue weighted by Crippen LogP contribution is -2.00. The van der Waals surface area contributed by atoms with Crippen LogP contribution in [0.25, 0.3) is 0 Å². The maximum Gasteiger partial charge on any atom is 0.156 e. The Morgan fingerprint density at radius 3 is 2.50 bits per heavy atom. The van der Waals surface area contributed by atoms with Crippen LogP contribution in [0.1, 0.15) is 12.5 Å². The monoisotopic (exact) mass is 186 g/mol. The Labute approximate surface area is 84.8 Å². The molecule has 0 heterocycles. The lowest BCUT2D eigenvalue weighted by atomic mass is 10.0. The fourth-order valence-electron chi connectivity index (χ4n) is 1.26. The predicted molar refractivity (Wildman–Crippen MR) is 59.1 cm³/mol. The molecule has 1 aromatic carbocycles. The standard InChI is InChI=1S/C13H14O/c1-3-7-13(11(2)14)10-12-8-5-4-6-9-12/h3-9H,1,10H2,2H3/b13-7-. The minimum absolute atomic E-state index is 0.105. The van der Waals surface area contributed by atoms with Gasteiger partial charge in [0.15, 0.2) is 5.78 Å². The van der Waals surface area contributed by atoms with Gasteiger partial charge < -0.3 is 0 Å². The second kappa shape index (κ2) is 5.18. The Balaban J connectivity index is 2.80. The van der Waals surface area contributed by atoms with Crippen molar-refractivity contribution in [3.05, 3.63) is 60.2 Å². The van der Waals surface area contributed by atoms with Crippen LogP contribution in [-0.2, 0) is 11.2 Å². The third-order valence-electron chi connectivity index (χ3n) is 2.01. The summed E-state index contributed by atoms with van der Waals surface area (Å²) < 4.78 is 0. The summed E-state index contributed by atoms with van der Waals surface area (Å²) in [6.07, 6.45) is 4.11. The molecule has 0 fully saturated rings. The van der Waals surface area contributed by atoms with E-state index in [0.717, 1.165) is 11.1 Å². The molecule has 0 unspecified atom stereocenters. The van der Waals surface area contributed by atoms with E-state index in [2.05, 4.69) is 6.58 Å². The van der Waals surface area contributed by atoms with Crippen molar-refractivity contribution < 1.29 is 4.79 Å². The summed E-state index contributed by atoms with van der Waals surface area (Å²) in [6.45, 7) is 5.18. The summed E-state index contributed by atoms with van der Waals surface area (Å²) in [6, 6.07) is 9.94. The highest BCUT2D eigenvalue weighted by Gasteiger charge is 2.03. The van der Waals surface area contributed by atoms with Crippen molar-refractivity contribution in [3.8, 4) is 0 Å². The summed E-state index contributed by atoms with van der Waals surface area (Å²) in [5.74, 6) is 0.105. The Kier molecular flexibility index (Phi) is 3.86. The molecule has 0 bridgehead atoms. The second-order valence-corrected chi connectivity index (χ2v) is 3.15.